The Morgan fingerprint density at radius 1 is 1.33 bits per heavy atom. The summed E-state index contributed by atoms with van der Waals surface area (Å²) in [5.41, 5.74) is 6.95. The standard InChI is InChI=1S/C14H21N3O/c15-11-4-9-6-13(7-10(9)5-11)17-14(18)8-12-2-1-3-16-12/h1-3,9-11,13,16H,4-8,15H2,(H,17,18). The molecule has 3 rings (SSSR count). The van der Waals surface area contributed by atoms with Crippen molar-refractivity contribution in [1.82, 2.24) is 10.3 Å². The number of nitrogens with one attached hydrogen (secondary N) is 2. The van der Waals surface area contributed by atoms with Crippen molar-refractivity contribution in [1.29, 1.82) is 0 Å². The molecule has 18 heavy (non-hydrogen) atoms. The van der Waals surface area contributed by atoms with Gasteiger partial charge in [-0.3, -0.25) is 4.79 Å². The van der Waals surface area contributed by atoms with Crippen LogP contribution in [0, 0.1) is 11.8 Å². The molecule has 2 unspecified atom stereocenters. The number of nitrogens with two attached hydrogens (primary N) is 1. The largest absolute Gasteiger partial charge is 0.365 e. The molecule has 2 aliphatic rings. The van der Waals surface area contributed by atoms with E-state index in [-0.39, 0.29) is 5.91 Å². The second kappa shape index (κ2) is 4.76. The Morgan fingerprint density at radius 2 is 2.06 bits per heavy atom. The van der Waals surface area contributed by atoms with Gasteiger partial charge in [-0.2, -0.15) is 0 Å². The third-order valence-electron chi connectivity index (χ3n) is 4.43. The maximum Gasteiger partial charge on any atom is 0.226 e. The molecule has 2 aliphatic carbocycles. The highest BCUT2D eigenvalue weighted by atomic mass is 16.1. The SMILES string of the molecule is NC1CC2CC(NC(=O)Cc3ccc[nH]3)CC2C1. The number of carbonyl (C=O) groups excluding carboxylic acids is 1. The smallest absolute Gasteiger partial charge is 0.226 e. The van der Waals surface area contributed by atoms with Gasteiger partial charge in [0.25, 0.3) is 0 Å². The average molecular weight is 247 g/mol. The predicted molar refractivity (Wildman–Crippen MR) is 69.9 cm³/mol. The van der Waals surface area contributed by atoms with Gasteiger partial charge in [0, 0.05) is 24.0 Å². The summed E-state index contributed by atoms with van der Waals surface area (Å²) in [5.74, 6) is 1.62. The van der Waals surface area contributed by atoms with Gasteiger partial charge in [0.1, 0.15) is 0 Å². The fourth-order valence-electron chi connectivity index (χ4n) is 3.71. The third kappa shape index (κ3) is 2.43. The Kier molecular flexibility index (Phi) is 3.12. The number of hydrogen-bond acceptors (Lipinski definition) is 2. The first kappa shape index (κ1) is 11.8. The molecule has 4 N–H and O–H groups in total. The van der Waals surface area contributed by atoms with Gasteiger partial charge in [0.05, 0.1) is 6.42 Å². The molecule has 2 atom stereocenters. The molecule has 1 aromatic rings. The minimum absolute atomic E-state index is 0.131. The minimum atomic E-state index is 0.131. The molecule has 0 spiro atoms. The highest BCUT2D eigenvalue weighted by Crippen LogP contribution is 2.43. The number of fused-ring (bicyclic) bond motifs is 1. The number of carbonyl (C=O) groups is 1. The molecule has 1 aromatic heterocycles. The predicted octanol–water partition coefficient (Wildman–Crippen LogP) is 1.19. The first-order valence-corrected chi connectivity index (χ1v) is 6.88. The summed E-state index contributed by atoms with van der Waals surface area (Å²) in [5, 5.41) is 3.16. The highest BCUT2D eigenvalue weighted by molar-refractivity contribution is 5.78. The van der Waals surface area contributed by atoms with Crippen LogP contribution in [0.5, 0.6) is 0 Å². The Bertz CT molecular complexity index is 401. The molecule has 0 bridgehead atoms. The van der Waals surface area contributed by atoms with Crippen LogP contribution in [0.15, 0.2) is 18.3 Å². The van der Waals surface area contributed by atoms with E-state index in [0.717, 1.165) is 43.2 Å². The van der Waals surface area contributed by atoms with Crippen molar-refractivity contribution in [3.63, 3.8) is 0 Å². The van der Waals surface area contributed by atoms with E-state index in [4.69, 9.17) is 5.73 Å². The molecule has 2 fully saturated rings. The number of hydrogen-bond donors (Lipinski definition) is 3. The minimum Gasteiger partial charge on any atom is -0.365 e. The molecule has 2 saturated carbocycles. The van der Waals surface area contributed by atoms with Crippen molar-refractivity contribution in [3.05, 3.63) is 24.0 Å². The number of aromatic amines is 1. The molecule has 0 aliphatic heterocycles. The lowest BCUT2D eigenvalue weighted by molar-refractivity contribution is -0.121. The molecule has 4 nitrogen and oxygen atoms in total. The molecule has 4 heteroatoms. The van der Waals surface area contributed by atoms with Gasteiger partial charge in [0.15, 0.2) is 0 Å². The molecule has 0 aromatic carbocycles. The summed E-state index contributed by atoms with van der Waals surface area (Å²) in [6.07, 6.45) is 6.84. The zero-order chi connectivity index (χ0) is 12.5. The first-order valence-electron chi connectivity index (χ1n) is 6.88. The van der Waals surface area contributed by atoms with E-state index in [1.54, 1.807) is 0 Å². The van der Waals surface area contributed by atoms with Crippen molar-refractivity contribution in [3.8, 4) is 0 Å². The summed E-state index contributed by atoms with van der Waals surface area (Å²) in [6.45, 7) is 0. The fraction of sp³-hybridized carbons (Fsp3) is 0.643. The molecule has 0 saturated heterocycles. The van der Waals surface area contributed by atoms with Crippen molar-refractivity contribution >= 4 is 5.91 Å². The van der Waals surface area contributed by atoms with E-state index >= 15 is 0 Å². The Hall–Kier alpha value is -1.29. The summed E-state index contributed by atoms with van der Waals surface area (Å²) < 4.78 is 0. The maximum absolute atomic E-state index is 11.9. The molecular weight excluding hydrogens is 226 g/mol. The van der Waals surface area contributed by atoms with Crippen LogP contribution in [0.25, 0.3) is 0 Å². The van der Waals surface area contributed by atoms with Crippen LogP contribution in [-0.4, -0.2) is 23.0 Å². The van der Waals surface area contributed by atoms with Crippen molar-refractivity contribution in [2.75, 3.05) is 0 Å². The summed E-state index contributed by atoms with van der Waals surface area (Å²) in [6, 6.07) is 4.64. The second-order valence-electron chi connectivity index (χ2n) is 5.86. The van der Waals surface area contributed by atoms with E-state index < -0.39 is 0 Å². The van der Waals surface area contributed by atoms with E-state index in [2.05, 4.69) is 10.3 Å². The highest BCUT2D eigenvalue weighted by Gasteiger charge is 2.40. The fourth-order valence-corrected chi connectivity index (χ4v) is 3.71. The van der Waals surface area contributed by atoms with Crippen molar-refractivity contribution in [2.45, 2.75) is 44.2 Å². The normalized spacial score (nSPS) is 34.5. The van der Waals surface area contributed by atoms with Gasteiger partial charge in [-0.05, 0) is 49.7 Å². The quantitative estimate of drug-likeness (QED) is 0.751. The van der Waals surface area contributed by atoms with Gasteiger partial charge in [-0.25, -0.2) is 0 Å². The average Bonchev–Trinajstić information content (AvgIpc) is 2.94. The van der Waals surface area contributed by atoms with Gasteiger partial charge in [-0.1, -0.05) is 0 Å². The summed E-state index contributed by atoms with van der Waals surface area (Å²) in [4.78, 5) is 15.0. The van der Waals surface area contributed by atoms with Gasteiger partial charge in [0.2, 0.25) is 5.91 Å². The number of amides is 1. The monoisotopic (exact) mass is 247 g/mol. The van der Waals surface area contributed by atoms with Crippen LogP contribution >= 0.6 is 0 Å². The van der Waals surface area contributed by atoms with E-state index in [0.29, 0.717) is 18.5 Å². The van der Waals surface area contributed by atoms with Crippen LogP contribution in [-0.2, 0) is 11.2 Å². The molecule has 98 valence electrons. The zero-order valence-electron chi connectivity index (χ0n) is 10.6. The Balaban J connectivity index is 1.48. The Morgan fingerprint density at radius 3 is 2.67 bits per heavy atom. The maximum atomic E-state index is 11.9. The molecule has 0 radical (unpaired) electrons. The van der Waals surface area contributed by atoms with Crippen LogP contribution in [0.2, 0.25) is 0 Å². The summed E-state index contributed by atoms with van der Waals surface area (Å²) in [7, 11) is 0. The third-order valence-corrected chi connectivity index (χ3v) is 4.43. The van der Waals surface area contributed by atoms with E-state index in [9.17, 15) is 4.79 Å². The van der Waals surface area contributed by atoms with Crippen LogP contribution in [0.1, 0.15) is 31.4 Å². The summed E-state index contributed by atoms with van der Waals surface area (Å²) >= 11 is 0. The van der Waals surface area contributed by atoms with Crippen molar-refractivity contribution in [2.24, 2.45) is 17.6 Å². The number of H-pyrrole nitrogens is 1. The lowest BCUT2D eigenvalue weighted by Gasteiger charge is -2.14. The topological polar surface area (TPSA) is 70.9 Å². The molecular formula is C14H21N3O. The van der Waals surface area contributed by atoms with Gasteiger partial charge >= 0.3 is 0 Å². The van der Waals surface area contributed by atoms with Crippen LogP contribution in [0.4, 0.5) is 0 Å². The van der Waals surface area contributed by atoms with Crippen LogP contribution in [0.3, 0.4) is 0 Å². The van der Waals surface area contributed by atoms with Crippen molar-refractivity contribution < 1.29 is 4.79 Å². The second-order valence-corrected chi connectivity index (χ2v) is 5.86. The zero-order valence-corrected chi connectivity index (χ0v) is 10.6. The lowest BCUT2D eigenvalue weighted by atomic mass is 10.0. The van der Waals surface area contributed by atoms with Crippen LogP contribution < -0.4 is 11.1 Å². The molecule has 1 heterocycles. The first-order chi connectivity index (χ1) is 8.70. The number of rotatable bonds is 3. The van der Waals surface area contributed by atoms with E-state index in [1.807, 2.05) is 18.3 Å². The van der Waals surface area contributed by atoms with E-state index in [1.165, 1.54) is 0 Å². The number of aromatic nitrogens is 1. The molecule has 1 amide bonds. The lowest BCUT2D eigenvalue weighted by Crippen LogP contribution is -2.35. The van der Waals surface area contributed by atoms with Gasteiger partial charge < -0.3 is 16.0 Å². The Labute approximate surface area is 107 Å². The van der Waals surface area contributed by atoms with Gasteiger partial charge in [-0.15, -0.1) is 0 Å².